The number of ketones is 2. The van der Waals surface area contributed by atoms with E-state index in [-0.39, 0.29) is 18.0 Å². The molecule has 0 aliphatic heterocycles. The Morgan fingerprint density at radius 2 is 1.80 bits per heavy atom. The van der Waals surface area contributed by atoms with Crippen LogP contribution in [0.25, 0.3) is 0 Å². The van der Waals surface area contributed by atoms with Crippen LogP contribution in [-0.4, -0.2) is 11.6 Å². The zero-order chi connectivity index (χ0) is 11.3. The highest BCUT2D eigenvalue weighted by Crippen LogP contribution is 2.11. The highest BCUT2D eigenvalue weighted by molar-refractivity contribution is 6.30. The Kier molecular flexibility index (Phi) is 4.50. The molecule has 3 heteroatoms. The van der Waals surface area contributed by atoms with Crippen molar-refractivity contribution in [2.75, 3.05) is 0 Å². The van der Waals surface area contributed by atoms with Gasteiger partial charge in [-0.1, -0.05) is 23.7 Å². The molecule has 15 heavy (non-hydrogen) atoms. The van der Waals surface area contributed by atoms with Gasteiger partial charge in [0.1, 0.15) is 11.6 Å². The third kappa shape index (κ3) is 4.75. The first-order valence-electron chi connectivity index (χ1n) is 4.83. The molecule has 1 aromatic carbocycles. The predicted octanol–water partition coefficient (Wildman–Crippen LogP) is 2.82. The summed E-state index contributed by atoms with van der Waals surface area (Å²) in [5.74, 6) is -0.0754. The van der Waals surface area contributed by atoms with Crippen molar-refractivity contribution in [3.8, 4) is 0 Å². The fraction of sp³-hybridized carbons (Fsp3) is 0.333. The van der Waals surface area contributed by atoms with E-state index in [9.17, 15) is 9.59 Å². The fourth-order valence-corrected chi connectivity index (χ4v) is 1.43. The average molecular weight is 225 g/mol. The summed E-state index contributed by atoms with van der Waals surface area (Å²) in [5, 5.41) is 0.689. The number of halogens is 1. The lowest BCUT2D eigenvalue weighted by atomic mass is 10.1. The van der Waals surface area contributed by atoms with Crippen molar-refractivity contribution in [3.63, 3.8) is 0 Å². The molecule has 2 nitrogen and oxygen atoms in total. The topological polar surface area (TPSA) is 34.1 Å². The summed E-state index contributed by atoms with van der Waals surface area (Å²) in [6, 6.07) is 7.38. The lowest BCUT2D eigenvalue weighted by molar-refractivity contribution is -0.125. The third-order valence-electron chi connectivity index (χ3n) is 2.05. The molecule has 1 aromatic rings. The van der Waals surface area contributed by atoms with Crippen LogP contribution in [0.3, 0.4) is 0 Å². The summed E-state index contributed by atoms with van der Waals surface area (Å²) in [6.45, 7) is 1.43. The Morgan fingerprint density at radius 1 is 1.20 bits per heavy atom. The van der Waals surface area contributed by atoms with E-state index in [0.29, 0.717) is 17.9 Å². The Bertz CT molecular complexity index is 354. The van der Waals surface area contributed by atoms with E-state index in [0.717, 1.165) is 5.56 Å². The van der Waals surface area contributed by atoms with Crippen molar-refractivity contribution in [2.24, 2.45) is 0 Å². The van der Waals surface area contributed by atoms with Gasteiger partial charge in [-0.3, -0.25) is 9.59 Å². The maximum absolute atomic E-state index is 11.2. The van der Waals surface area contributed by atoms with Crippen molar-refractivity contribution in [3.05, 3.63) is 34.9 Å². The first-order valence-corrected chi connectivity index (χ1v) is 5.21. The van der Waals surface area contributed by atoms with Crippen LogP contribution < -0.4 is 0 Å². The molecule has 0 bridgehead atoms. The highest BCUT2D eigenvalue weighted by Gasteiger charge is 2.05. The molecule has 0 N–H and O–H groups in total. The van der Waals surface area contributed by atoms with Crippen LogP contribution in [0.2, 0.25) is 5.02 Å². The van der Waals surface area contributed by atoms with Crippen molar-refractivity contribution in [2.45, 2.75) is 26.2 Å². The van der Waals surface area contributed by atoms with E-state index in [1.807, 2.05) is 12.1 Å². The van der Waals surface area contributed by atoms with Gasteiger partial charge in [-0.15, -0.1) is 0 Å². The lowest BCUT2D eigenvalue weighted by Crippen LogP contribution is -2.05. The van der Waals surface area contributed by atoms with Crippen molar-refractivity contribution >= 4 is 23.2 Å². The summed E-state index contributed by atoms with van der Waals surface area (Å²) in [6.07, 6.45) is 1.14. The molecule has 0 atom stereocenters. The molecule has 0 fully saturated rings. The normalized spacial score (nSPS) is 10.0. The molecule has 0 unspecified atom stereocenters. The largest absolute Gasteiger partial charge is 0.300 e. The second-order valence-corrected chi connectivity index (χ2v) is 3.98. The van der Waals surface area contributed by atoms with Crippen molar-refractivity contribution in [1.29, 1.82) is 0 Å². The molecule has 80 valence electrons. The van der Waals surface area contributed by atoms with Crippen LogP contribution in [0.1, 0.15) is 25.3 Å². The van der Waals surface area contributed by atoms with E-state index in [1.165, 1.54) is 6.92 Å². The molecule has 0 radical (unpaired) electrons. The molecular weight excluding hydrogens is 212 g/mol. The summed E-state index contributed by atoms with van der Waals surface area (Å²) in [7, 11) is 0. The van der Waals surface area contributed by atoms with Gasteiger partial charge in [0.05, 0.1) is 6.42 Å². The molecule has 0 aromatic heterocycles. The van der Waals surface area contributed by atoms with Crippen LogP contribution in [0.4, 0.5) is 0 Å². The smallest absolute Gasteiger partial charge is 0.140 e. The number of hydrogen-bond donors (Lipinski definition) is 0. The Hall–Kier alpha value is -1.15. The number of rotatable bonds is 5. The summed E-state index contributed by atoms with van der Waals surface area (Å²) in [4.78, 5) is 21.9. The van der Waals surface area contributed by atoms with E-state index >= 15 is 0 Å². The maximum Gasteiger partial charge on any atom is 0.140 e. The number of carbonyl (C=O) groups excluding carboxylic acids is 2. The number of Topliss-reactive ketones (excluding diaryl/α,β-unsaturated/α-hetero) is 2. The first kappa shape index (κ1) is 11.9. The highest BCUT2D eigenvalue weighted by atomic mass is 35.5. The second-order valence-electron chi connectivity index (χ2n) is 3.54. The van der Waals surface area contributed by atoms with Crippen LogP contribution in [-0.2, 0) is 16.0 Å². The number of benzene rings is 1. The van der Waals surface area contributed by atoms with Crippen LogP contribution >= 0.6 is 11.6 Å². The van der Waals surface area contributed by atoms with Crippen LogP contribution in [0.5, 0.6) is 0 Å². The van der Waals surface area contributed by atoms with Gasteiger partial charge in [0, 0.05) is 11.4 Å². The average Bonchev–Trinajstić information content (AvgIpc) is 2.16. The minimum Gasteiger partial charge on any atom is -0.300 e. The van der Waals surface area contributed by atoms with E-state index in [4.69, 9.17) is 11.6 Å². The van der Waals surface area contributed by atoms with Gasteiger partial charge in [0.15, 0.2) is 0 Å². The summed E-state index contributed by atoms with van der Waals surface area (Å²) >= 11 is 5.73. The SMILES string of the molecule is CC(=O)CC(=O)CCc1ccc(Cl)cc1. The zero-order valence-corrected chi connectivity index (χ0v) is 9.38. The Balaban J connectivity index is 2.40. The van der Waals surface area contributed by atoms with E-state index < -0.39 is 0 Å². The van der Waals surface area contributed by atoms with Gasteiger partial charge in [0.2, 0.25) is 0 Å². The maximum atomic E-state index is 11.2. The number of aryl methyl sites for hydroxylation is 1. The standard InChI is InChI=1S/C12H13ClO2/c1-9(14)8-12(15)7-4-10-2-5-11(13)6-3-10/h2-3,5-6H,4,7-8H2,1H3. The fourth-order valence-electron chi connectivity index (χ4n) is 1.30. The summed E-state index contributed by atoms with van der Waals surface area (Å²) < 4.78 is 0. The quantitative estimate of drug-likeness (QED) is 0.721. The third-order valence-corrected chi connectivity index (χ3v) is 2.30. The van der Waals surface area contributed by atoms with Gasteiger partial charge < -0.3 is 0 Å². The van der Waals surface area contributed by atoms with Crippen LogP contribution in [0.15, 0.2) is 24.3 Å². The van der Waals surface area contributed by atoms with Gasteiger partial charge in [-0.05, 0) is 31.0 Å². The van der Waals surface area contributed by atoms with Crippen molar-refractivity contribution in [1.82, 2.24) is 0 Å². The molecule has 0 saturated carbocycles. The first-order chi connectivity index (χ1) is 7.08. The van der Waals surface area contributed by atoms with Gasteiger partial charge in [0.25, 0.3) is 0 Å². The van der Waals surface area contributed by atoms with Gasteiger partial charge >= 0.3 is 0 Å². The summed E-state index contributed by atoms with van der Waals surface area (Å²) in [5.41, 5.74) is 1.07. The van der Waals surface area contributed by atoms with Crippen molar-refractivity contribution < 1.29 is 9.59 Å². The Labute approximate surface area is 94.2 Å². The number of hydrogen-bond acceptors (Lipinski definition) is 2. The minimum absolute atomic E-state index is 0.00236. The molecular formula is C12H13ClO2. The molecule has 0 saturated heterocycles. The lowest BCUT2D eigenvalue weighted by Gasteiger charge is -2.00. The monoisotopic (exact) mass is 224 g/mol. The molecule has 0 spiro atoms. The zero-order valence-electron chi connectivity index (χ0n) is 8.63. The second kappa shape index (κ2) is 5.66. The predicted molar refractivity (Wildman–Crippen MR) is 60.1 cm³/mol. The van der Waals surface area contributed by atoms with E-state index in [1.54, 1.807) is 12.1 Å². The minimum atomic E-state index is -0.0730. The van der Waals surface area contributed by atoms with Gasteiger partial charge in [-0.2, -0.15) is 0 Å². The molecule has 0 heterocycles. The van der Waals surface area contributed by atoms with Gasteiger partial charge in [-0.25, -0.2) is 0 Å². The molecule has 0 aliphatic rings. The number of carbonyl (C=O) groups is 2. The van der Waals surface area contributed by atoms with E-state index in [2.05, 4.69) is 0 Å². The molecule has 1 rings (SSSR count). The van der Waals surface area contributed by atoms with Crippen LogP contribution in [0, 0.1) is 0 Å². The Morgan fingerprint density at radius 3 is 2.33 bits per heavy atom. The molecule has 0 aliphatic carbocycles. The molecule has 0 amide bonds.